The molecule has 0 fully saturated rings. The van der Waals surface area contributed by atoms with Gasteiger partial charge in [0, 0.05) is 12.5 Å². The summed E-state index contributed by atoms with van der Waals surface area (Å²) in [6.45, 7) is 1.58. The van der Waals surface area contributed by atoms with Gasteiger partial charge in [-0.05, 0) is 19.0 Å². The molecule has 5 heteroatoms. The quantitative estimate of drug-likeness (QED) is 0.385. The molecule has 0 saturated heterocycles. The summed E-state index contributed by atoms with van der Waals surface area (Å²) in [4.78, 5) is 10.8. The zero-order valence-electron chi connectivity index (χ0n) is 8.36. The molecule has 1 aromatic rings. The van der Waals surface area contributed by atoms with Gasteiger partial charge in [-0.25, -0.2) is 0 Å². The smallest absolute Gasteiger partial charge is 0.308 e. The molecule has 0 atom stereocenters. The molecule has 0 aliphatic heterocycles. The first-order chi connectivity index (χ1) is 7.06. The molecule has 0 unspecified atom stereocenters. The number of hydrogen-bond acceptors (Lipinski definition) is 5. The Bertz CT molecular complexity index is 376. The van der Waals surface area contributed by atoms with Crippen LogP contribution in [0, 0.1) is 0 Å². The van der Waals surface area contributed by atoms with Crippen LogP contribution in [0.4, 0.5) is 0 Å². The topological polar surface area (TPSA) is 92.8 Å². The Labute approximate surface area is 87.1 Å². The Morgan fingerprint density at radius 2 is 2.13 bits per heavy atom. The normalized spacial score (nSPS) is 10.0. The zero-order chi connectivity index (χ0) is 11.4. The van der Waals surface area contributed by atoms with Crippen molar-refractivity contribution in [2.24, 2.45) is 5.73 Å². The Hall–Kier alpha value is -1.75. The summed E-state index contributed by atoms with van der Waals surface area (Å²) >= 11 is 0. The summed E-state index contributed by atoms with van der Waals surface area (Å²) in [6.07, 6.45) is 0.455. The number of phenolic OH excluding ortho intramolecular Hbond substituents is 2. The fourth-order valence-corrected chi connectivity index (χ4v) is 1.21. The molecule has 1 rings (SSSR count). The van der Waals surface area contributed by atoms with E-state index in [-0.39, 0.29) is 11.5 Å². The maximum absolute atomic E-state index is 10.8. The number of hydrogen-bond donors (Lipinski definition) is 3. The molecule has 4 N–H and O–H groups in total. The summed E-state index contributed by atoms with van der Waals surface area (Å²) in [7, 11) is 0. The van der Waals surface area contributed by atoms with Crippen LogP contribution >= 0.6 is 0 Å². The zero-order valence-corrected chi connectivity index (χ0v) is 8.36. The van der Waals surface area contributed by atoms with Gasteiger partial charge in [0.15, 0.2) is 11.5 Å². The van der Waals surface area contributed by atoms with Crippen LogP contribution in [0.5, 0.6) is 17.2 Å². The van der Waals surface area contributed by atoms with Gasteiger partial charge in [0.05, 0.1) is 0 Å². The average Bonchev–Trinajstić information content (AvgIpc) is 2.17. The van der Waals surface area contributed by atoms with Crippen LogP contribution in [0.25, 0.3) is 0 Å². The van der Waals surface area contributed by atoms with Crippen molar-refractivity contribution in [1.29, 1.82) is 0 Å². The van der Waals surface area contributed by atoms with E-state index in [1.165, 1.54) is 13.0 Å². The molecule has 0 aliphatic carbocycles. The third kappa shape index (κ3) is 2.60. The van der Waals surface area contributed by atoms with Crippen molar-refractivity contribution in [3.05, 3.63) is 17.7 Å². The molecule has 82 valence electrons. The van der Waals surface area contributed by atoms with Gasteiger partial charge in [-0.2, -0.15) is 0 Å². The highest BCUT2D eigenvalue weighted by Crippen LogP contribution is 2.38. The highest BCUT2D eigenvalue weighted by molar-refractivity contribution is 5.72. The molecule has 0 amide bonds. The van der Waals surface area contributed by atoms with Gasteiger partial charge in [0.25, 0.3) is 0 Å². The monoisotopic (exact) mass is 211 g/mol. The van der Waals surface area contributed by atoms with E-state index >= 15 is 0 Å². The van der Waals surface area contributed by atoms with Gasteiger partial charge in [0.1, 0.15) is 0 Å². The first-order valence-corrected chi connectivity index (χ1v) is 4.48. The van der Waals surface area contributed by atoms with Gasteiger partial charge in [0.2, 0.25) is 5.75 Å². The minimum Gasteiger partial charge on any atom is -0.504 e. The van der Waals surface area contributed by atoms with Crippen molar-refractivity contribution in [2.45, 2.75) is 13.3 Å². The van der Waals surface area contributed by atoms with Crippen molar-refractivity contribution < 1.29 is 19.7 Å². The van der Waals surface area contributed by atoms with Crippen LogP contribution in [0.1, 0.15) is 12.5 Å². The number of phenols is 2. The lowest BCUT2D eigenvalue weighted by atomic mass is 10.1. The highest BCUT2D eigenvalue weighted by Gasteiger charge is 2.14. The summed E-state index contributed by atoms with van der Waals surface area (Å²) in [5.41, 5.74) is 5.95. The first-order valence-electron chi connectivity index (χ1n) is 4.48. The van der Waals surface area contributed by atoms with Crippen LogP contribution in [0.3, 0.4) is 0 Å². The molecular weight excluding hydrogens is 198 g/mol. The Morgan fingerprint density at radius 3 is 2.67 bits per heavy atom. The molecule has 1 aromatic carbocycles. The predicted molar refractivity (Wildman–Crippen MR) is 53.8 cm³/mol. The third-order valence-corrected chi connectivity index (χ3v) is 1.85. The lowest BCUT2D eigenvalue weighted by molar-refractivity contribution is -0.132. The number of carbonyl (C=O) groups is 1. The van der Waals surface area contributed by atoms with Gasteiger partial charge < -0.3 is 20.7 Å². The largest absolute Gasteiger partial charge is 0.504 e. The number of aromatic hydroxyl groups is 2. The van der Waals surface area contributed by atoms with Crippen LogP contribution in [0.2, 0.25) is 0 Å². The summed E-state index contributed by atoms with van der Waals surface area (Å²) in [6, 6.07) is 2.88. The lowest BCUT2D eigenvalue weighted by Gasteiger charge is -2.10. The molecule has 0 heterocycles. The van der Waals surface area contributed by atoms with Gasteiger partial charge in [-0.3, -0.25) is 4.79 Å². The number of carbonyl (C=O) groups excluding carboxylic acids is 1. The number of benzene rings is 1. The standard InChI is InChI=1S/C10H13NO4/c1-6(12)15-10-7(4-5-11)2-3-8(13)9(10)14/h2-3,13-14H,4-5,11H2,1H3. The molecule has 0 radical (unpaired) electrons. The van der Waals surface area contributed by atoms with Crippen molar-refractivity contribution >= 4 is 5.97 Å². The van der Waals surface area contributed by atoms with Crippen molar-refractivity contribution in [2.75, 3.05) is 6.54 Å². The van der Waals surface area contributed by atoms with Gasteiger partial charge in [-0.1, -0.05) is 6.07 Å². The van der Waals surface area contributed by atoms with E-state index in [2.05, 4.69) is 0 Å². The molecule has 0 bridgehead atoms. The molecule has 0 saturated carbocycles. The minimum absolute atomic E-state index is 0.0204. The van der Waals surface area contributed by atoms with Gasteiger partial charge in [-0.15, -0.1) is 0 Å². The maximum atomic E-state index is 10.8. The Morgan fingerprint density at radius 1 is 1.47 bits per heavy atom. The van der Waals surface area contributed by atoms with Crippen molar-refractivity contribution in [3.8, 4) is 17.2 Å². The molecule has 0 aromatic heterocycles. The minimum atomic E-state index is -0.561. The third-order valence-electron chi connectivity index (χ3n) is 1.85. The highest BCUT2D eigenvalue weighted by atomic mass is 16.5. The van der Waals surface area contributed by atoms with Crippen molar-refractivity contribution in [3.63, 3.8) is 0 Å². The SMILES string of the molecule is CC(=O)Oc1c(CCN)ccc(O)c1O. The number of rotatable bonds is 3. The second-order valence-electron chi connectivity index (χ2n) is 3.05. The summed E-state index contributed by atoms with van der Waals surface area (Å²) < 4.78 is 4.81. The predicted octanol–water partition coefficient (Wildman–Crippen LogP) is 0.524. The van der Waals surface area contributed by atoms with E-state index in [9.17, 15) is 15.0 Å². The fraction of sp³-hybridized carbons (Fsp3) is 0.300. The van der Waals surface area contributed by atoms with Crippen molar-refractivity contribution in [1.82, 2.24) is 0 Å². The van der Waals surface area contributed by atoms with E-state index in [1.54, 1.807) is 6.07 Å². The molecule has 0 spiro atoms. The van der Waals surface area contributed by atoms with E-state index < -0.39 is 11.7 Å². The number of esters is 1. The van der Waals surface area contributed by atoms with Crippen LogP contribution < -0.4 is 10.5 Å². The van der Waals surface area contributed by atoms with E-state index in [0.29, 0.717) is 18.5 Å². The number of ether oxygens (including phenoxy) is 1. The molecule has 0 aliphatic rings. The first kappa shape index (κ1) is 11.3. The molecule has 15 heavy (non-hydrogen) atoms. The molecule has 5 nitrogen and oxygen atoms in total. The van der Waals surface area contributed by atoms with Gasteiger partial charge >= 0.3 is 5.97 Å². The maximum Gasteiger partial charge on any atom is 0.308 e. The number of nitrogens with two attached hydrogens (primary N) is 1. The second-order valence-corrected chi connectivity index (χ2v) is 3.05. The van der Waals surface area contributed by atoms with E-state index in [0.717, 1.165) is 0 Å². The average molecular weight is 211 g/mol. The summed E-state index contributed by atoms with van der Waals surface area (Å²) in [5, 5.41) is 18.7. The Kier molecular flexibility index (Phi) is 3.51. The summed E-state index contributed by atoms with van der Waals surface area (Å²) in [5.74, 6) is -1.34. The Balaban J connectivity index is 3.15. The fourth-order valence-electron chi connectivity index (χ4n) is 1.21. The second kappa shape index (κ2) is 4.65. The van der Waals surface area contributed by atoms with Crippen LogP contribution in [0.15, 0.2) is 12.1 Å². The van der Waals surface area contributed by atoms with Crippen LogP contribution in [-0.2, 0) is 11.2 Å². The lowest BCUT2D eigenvalue weighted by Crippen LogP contribution is -2.08. The molecular formula is C10H13NO4. The van der Waals surface area contributed by atoms with Crippen LogP contribution in [-0.4, -0.2) is 22.7 Å². The van der Waals surface area contributed by atoms with E-state index in [4.69, 9.17) is 10.5 Å². The van der Waals surface area contributed by atoms with E-state index in [1.807, 2.05) is 0 Å².